The van der Waals surface area contributed by atoms with Crippen molar-refractivity contribution in [2.75, 3.05) is 11.9 Å². The summed E-state index contributed by atoms with van der Waals surface area (Å²) in [6, 6.07) is 11.8. The summed E-state index contributed by atoms with van der Waals surface area (Å²) >= 11 is 0. The average molecular weight is 284 g/mol. The van der Waals surface area contributed by atoms with E-state index in [9.17, 15) is 0 Å². The lowest BCUT2D eigenvalue weighted by molar-refractivity contribution is 0.523. The van der Waals surface area contributed by atoms with Gasteiger partial charge in [0.05, 0.1) is 6.54 Å². The molecule has 2 N–H and O–H groups in total. The number of hydrogen-bond donors (Lipinski definition) is 2. The van der Waals surface area contributed by atoms with Gasteiger partial charge in [-0.05, 0) is 56.5 Å². The molecule has 2 aromatic rings. The fourth-order valence-electron chi connectivity index (χ4n) is 3.02. The molecular formula is C17H24N4. The SMILES string of the molecule is CC(CC1CCCN1)Nc1ccc(Cn2cccn2)cc1. The fourth-order valence-corrected chi connectivity index (χ4v) is 3.02. The van der Waals surface area contributed by atoms with Gasteiger partial charge in [0.15, 0.2) is 0 Å². The van der Waals surface area contributed by atoms with Crippen molar-refractivity contribution in [3.63, 3.8) is 0 Å². The Morgan fingerprint density at radius 2 is 2.24 bits per heavy atom. The Morgan fingerprint density at radius 3 is 2.90 bits per heavy atom. The van der Waals surface area contributed by atoms with E-state index in [1.165, 1.54) is 37.1 Å². The molecule has 1 saturated heterocycles. The molecule has 0 spiro atoms. The number of rotatable bonds is 6. The highest BCUT2D eigenvalue weighted by molar-refractivity contribution is 5.45. The van der Waals surface area contributed by atoms with E-state index < -0.39 is 0 Å². The summed E-state index contributed by atoms with van der Waals surface area (Å²) in [5.41, 5.74) is 2.47. The first-order chi connectivity index (χ1) is 10.3. The van der Waals surface area contributed by atoms with E-state index in [1.54, 1.807) is 0 Å². The Balaban J connectivity index is 1.51. The maximum Gasteiger partial charge on any atom is 0.0659 e. The molecular weight excluding hydrogens is 260 g/mol. The summed E-state index contributed by atoms with van der Waals surface area (Å²) in [7, 11) is 0. The van der Waals surface area contributed by atoms with Crippen molar-refractivity contribution in [3.8, 4) is 0 Å². The van der Waals surface area contributed by atoms with E-state index in [1.807, 2.05) is 23.1 Å². The van der Waals surface area contributed by atoms with Gasteiger partial charge in [-0.25, -0.2) is 0 Å². The highest BCUT2D eigenvalue weighted by Crippen LogP contribution is 2.16. The van der Waals surface area contributed by atoms with Crippen molar-refractivity contribution in [1.29, 1.82) is 0 Å². The first-order valence-corrected chi connectivity index (χ1v) is 7.86. The summed E-state index contributed by atoms with van der Waals surface area (Å²) in [6.45, 7) is 4.27. The predicted octanol–water partition coefficient (Wildman–Crippen LogP) is 2.87. The van der Waals surface area contributed by atoms with Crippen molar-refractivity contribution in [2.45, 2.75) is 44.8 Å². The average Bonchev–Trinajstić information content (AvgIpc) is 3.14. The van der Waals surface area contributed by atoms with Crippen LogP contribution in [0.1, 0.15) is 31.7 Å². The molecule has 3 rings (SSSR count). The topological polar surface area (TPSA) is 41.9 Å². The number of benzene rings is 1. The number of nitrogens with zero attached hydrogens (tertiary/aromatic N) is 2. The van der Waals surface area contributed by atoms with Crippen LogP contribution in [0.2, 0.25) is 0 Å². The standard InChI is InChI=1S/C17H24N4/c1-14(12-17-4-2-9-18-17)20-16-7-5-15(6-8-16)13-21-11-3-10-19-21/h3,5-8,10-11,14,17-18,20H,2,4,9,12-13H2,1H3. The van der Waals surface area contributed by atoms with Crippen LogP contribution in [0.15, 0.2) is 42.7 Å². The monoisotopic (exact) mass is 284 g/mol. The molecule has 112 valence electrons. The zero-order valence-electron chi connectivity index (χ0n) is 12.6. The lowest BCUT2D eigenvalue weighted by atomic mass is 10.1. The van der Waals surface area contributed by atoms with Crippen LogP contribution in [0.25, 0.3) is 0 Å². The summed E-state index contributed by atoms with van der Waals surface area (Å²) in [5.74, 6) is 0. The molecule has 1 aliphatic rings. The van der Waals surface area contributed by atoms with Gasteiger partial charge >= 0.3 is 0 Å². The van der Waals surface area contributed by atoms with Crippen molar-refractivity contribution in [2.24, 2.45) is 0 Å². The molecule has 21 heavy (non-hydrogen) atoms. The summed E-state index contributed by atoms with van der Waals surface area (Å²) in [4.78, 5) is 0. The Hall–Kier alpha value is -1.81. The van der Waals surface area contributed by atoms with E-state index >= 15 is 0 Å². The van der Waals surface area contributed by atoms with Crippen molar-refractivity contribution < 1.29 is 0 Å². The zero-order valence-corrected chi connectivity index (χ0v) is 12.6. The van der Waals surface area contributed by atoms with Gasteiger partial charge in [0.2, 0.25) is 0 Å². The number of hydrogen-bond acceptors (Lipinski definition) is 3. The molecule has 4 nitrogen and oxygen atoms in total. The Bertz CT molecular complexity index is 526. The van der Waals surface area contributed by atoms with Crippen LogP contribution < -0.4 is 10.6 Å². The first-order valence-electron chi connectivity index (χ1n) is 7.86. The van der Waals surface area contributed by atoms with Gasteiger partial charge in [-0.3, -0.25) is 4.68 Å². The van der Waals surface area contributed by atoms with Crippen molar-refractivity contribution >= 4 is 5.69 Å². The minimum atomic E-state index is 0.498. The van der Waals surface area contributed by atoms with E-state index in [0.717, 1.165) is 6.54 Å². The maximum absolute atomic E-state index is 4.23. The second-order valence-electron chi connectivity index (χ2n) is 5.97. The van der Waals surface area contributed by atoms with E-state index in [-0.39, 0.29) is 0 Å². The third kappa shape index (κ3) is 4.08. The molecule has 0 aliphatic carbocycles. The molecule has 2 heterocycles. The van der Waals surface area contributed by atoms with Gasteiger partial charge in [-0.1, -0.05) is 12.1 Å². The predicted molar refractivity (Wildman–Crippen MR) is 86.5 cm³/mol. The molecule has 1 aromatic heterocycles. The van der Waals surface area contributed by atoms with Crippen LogP contribution >= 0.6 is 0 Å². The number of aromatic nitrogens is 2. The van der Waals surface area contributed by atoms with Crippen LogP contribution in [0, 0.1) is 0 Å². The normalized spacial score (nSPS) is 19.6. The summed E-state index contributed by atoms with van der Waals surface area (Å²) in [6.07, 6.45) is 7.63. The minimum absolute atomic E-state index is 0.498. The molecule has 0 bridgehead atoms. The van der Waals surface area contributed by atoms with Gasteiger partial charge in [0.1, 0.15) is 0 Å². The van der Waals surface area contributed by atoms with Gasteiger partial charge in [0.25, 0.3) is 0 Å². The lowest BCUT2D eigenvalue weighted by Gasteiger charge is -2.19. The second kappa shape index (κ2) is 6.76. The molecule has 0 amide bonds. The second-order valence-corrected chi connectivity index (χ2v) is 5.97. The van der Waals surface area contributed by atoms with Gasteiger partial charge < -0.3 is 10.6 Å². The third-order valence-corrected chi connectivity index (χ3v) is 4.07. The first kappa shape index (κ1) is 14.1. The van der Waals surface area contributed by atoms with Crippen LogP contribution in [0.3, 0.4) is 0 Å². The quantitative estimate of drug-likeness (QED) is 0.857. The molecule has 0 radical (unpaired) electrons. The Labute approximate surface area is 126 Å². The van der Waals surface area contributed by atoms with E-state index in [4.69, 9.17) is 0 Å². The molecule has 1 fully saturated rings. The largest absolute Gasteiger partial charge is 0.383 e. The lowest BCUT2D eigenvalue weighted by Crippen LogP contribution is -2.29. The van der Waals surface area contributed by atoms with Gasteiger partial charge in [-0.15, -0.1) is 0 Å². The molecule has 2 unspecified atom stereocenters. The molecule has 2 atom stereocenters. The highest BCUT2D eigenvalue weighted by atomic mass is 15.3. The summed E-state index contributed by atoms with van der Waals surface area (Å²) in [5, 5.41) is 11.4. The minimum Gasteiger partial charge on any atom is -0.383 e. The van der Waals surface area contributed by atoms with E-state index in [2.05, 4.69) is 46.9 Å². The zero-order chi connectivity index (χ0) is 14.5. The van der Waals surface area contributed by atoms with Crippen molar-refractivity contribution in [1.82, 2.24) is 15.1 Å². The fraction of sp³-hybridized carbons (Fsp3) is 0.471. The summed E-state index contributed by atoms with van der Waals surface area (Å²) < 4.78 is 1.94. The van der Waals surface area contributed by atoms with Crippen LogP contribution in [-0.2, 0) is 6.54 Å². The Kier molecular flexibility index (Phi) is 4.55. The molecule has 1 aromatic carbocycles. The van der Waals surface area contributed by atoms with Gasteiger partial charge in [0, 0.05) is 30.2 Å². The molecule has 0 saturated carbocycles. The Morgan fingerprint density at radius 1 is 1.38 bits per heavy atom. The molecule has 4 heteroatoms. The highest BCUT2D eigenvalue weighted by Gasteiger charge is 2.16. The maximum atomic E-state index is 4.23. The number of anilines is 1. The van der Waals surface area contributed by atoms with E-state index in [0.29, 0.717) is 12.1 Å². The van der Waals surface area contributed by atoms with Crippen LogP contribution in [0.4, 0.5) is 5.69 Å². The van der Waals surface area contributed by atoms with Crippen LogP contribution in [0.5, 0.6) is 0 Å². The number of nitrogens with one attached hydrogen (secondary N) is 2. The van der Waals surface area contributed by atoms with Crippen molar-refractivity contribution in [3.05, 3.63) is 48.3 Å². The smallest absolute Gasteiger partial charge is 0.0659 e. The third-order valence-electron chi connectivity index (χ3n) is 4.07. The molecule has 1 aliphatic heterocycles. The van der Waals surface area contributed by atoms with Gasteiger partial charge in [-0.2, -0.15) is 5.10 Å². The van der Waals surface area contributed by atoms with Crippen LogP contribution in [-0.4, -0.2) is 28.4 Å².